The highest BCUT2D eigenvalue weighted by atomic mass is 35.5. The van der Waals surface area contributed by atoms with E-state index in [0.717, 1.165) is 16.6 Å². The van der Waals surface area contributed by atoms with Crippen molar-refractivity contribution in [2.24, 2.45) is 0 Å². The monoisotopic (exact) mass is 418 g/mol. The summed E-state index contributed by atoms with van der Waals surface area (Å²) in [6, 6.07) is 7.39. The van der Waals surface area contributed by atoms with Gasteiger partial charge in [-0.05, 0) is 49.7 Å². The lowest BCUT2D eigenvalue weighted by Gasteiger charge is -2.29. The fourth-order valence-electron chi connectivity index (χ4n) is 2.42. The summed E-state index contributed by atoms with van der Waals surface area (Å²) in [6.45, 7) is 3.16. The highest BCUT2D eigenvalue weighted by Crippen LogP contribution is 2.29. The van der Waals surface area contributed by atoms with Gasteiger partial charge in [-0.25, -0.2) is 12.8 Å². The number of carbonyl (C=O) groups is 1. The van der Waals surface area contributed by atoms with Crippen LogP contribution in [-0.4, -0.2) is 26.6 Å². The van der Waals surface area contributed by atoms with Crippen LogP contribution in [0.15, 0.2) is 36.4 Å². The Labute approximate surface area is 161 Å². The lowest BCUT2D eigenvalue weighted by molar-refractivity contribution is -0.116. The number of sulfonamides is 1. The number of nitrogens with zero attached hydrogens (tertiary/aromatic N) is 1. The number of hydrogen-bond donors (Lipinski definition) is 1. The van der Waals surface area contributed by atoms with Crippen LogP contribution in [0.2, 0.25) is 10.0 Å². The third-order valence-corrected chi connectivity index (χ3v) is 5.44. The van der Waals surface area contributed by atoms with E-state index in [-0.39, 0.29) is 10.7 Å². The van der Waals surface area contributed by atoms with E-state index >= 15 is 0 Å². The summed E-state index contributed by atoms with van der Waals surface area (Å²) in [5.74, 6) is -1.22. The van der Waals surface area contributed by atoms with E-state index in [4.69, 9.17) is 23.2 Å². The van der Waals surface area contributed by atoms with Gasteiger partial charge in [-0.3, -0.25) is 9.10 Å². The van der Waals surface area contributed by atoms with Crippen molar-refractivity contribution in [3.63, 3.8) is 0 Å². The van der Waals surface area contributed by atoms with Crippen LogP contribution in [0.4, 0.5) is 15.8 Å². The number of amides is 1. The molecule has 2 aromatic carbocycles. The lowest BCUT2D eigenvalue weighted by atomic mass is 10.1. The minimum absolute atomic E-state index is 0.152. The number of carbonyl (C=O) groups excluding carboxylic acids is 1. The van der Waals surface area contributed by atoms with Gasteiger partial charge >= 0.3 is 0 Å². The molecule has 5 nitrogen and oxygen atoms in total. The van der Waals surface area contributed by atoms with Crippen molar-refractivity contribution >= 4 is 50.5 Å². The van der Waals surface area contributed by atoms with Crippen molar-refractivity contribution in [3.8, 4) is 0 Å². The van der Waals surface area contributed by atoms with E-state index in [2.05, 4.69) is 5.32 Å². The van der Waals surface area contributed by atoms with E-state index in [1.165, 1.54) is 25.1 Å². The Morgan fingerprint density at radius 3 is 2.42 bits per heavy atom. The Balaban J connectivity index is 2.37. The van der Waals surface area contributed by atoms with Crippen LogP contribution in [0.1, 0.15) is 12.5 Å². The molecule has 1 amide bonds. The van der Waals surface area contributed by atoms with Gasteiger partial charge in [0.05, 0.1) is 17.0 Å². The fourth-order valence-corrected chi connectivity index (χ4v) is 3.99. The van der Waals surface area contributed by atoms with Crippen molar-refractivity contribution in [2.75, 3.05) is 15.9 Å². The second-order valence-electron chi connectivity index (χ2n) is 5.78. The molecule has 0 bridgehead atoms. The first-order valence-corrected chi connectivity index (χ1v) is 10.1. The molecule has 0 unspecified atom stereocenters. The van der Waals surface area contributed by atoms with Crippen molar-refractivity contribution < 1.29 is 17.6 Å². The van der Waals surface area contributed by atoms with Gasteiger partial charge in [-0.15, -0.1) is 0 Å². The summed E-state index contributed by atoms with van der Waals surface area (Å²) < 4.78 is 38.9. The lowest BCUT2D eigenvalue weighted by Crippen LogP contribution is -2.45. The van der Waals surface area contributed by atoms with Crippen LogP contribution >= 0.6 is 23.2 Å². The summed E-state index contributed by atoms with van der Waals surface area (Å²) in [5.41, 5.74) is 1.20. The number of aryl methyl sites for hydroxylation is 1. The van der Waals surface area contributed by atoms with Crippen LogP contribution in [0.3, 0.4) is 0 Å². The molecule has 0 spiro atoms. The smallest absolute Gasteiger partial charge is 0.247 e. The van der Waals surface area contributed by atoms with Gasteiger partial charge < -0.3 is 5.32 Å². The molecular formula is C17H17Cl2FN2O3S. The van der Waals surface area contributed by atoms with Crippen LogP contribution in [-0.2, 0) is 14.8 Å². The van der Waals surface area contributed by atoms with Gasteiger partial charge in [0.15, 0.2) is 0 Å². The predicted molar refractivity (Wildman–Crippen MR) is 103 cm³/mol. The van der Waals surface area contributed by atoms with E-state index in [0.29, 0.717) is 16.3 Å². The van der Waals surface area contributed by atoms with Crippen molar-refractivity contribution in [2.45, 2.75) is 19.9 Å². The molecule has 2 aromatic rings. The second-order valence-corrected chi connectivity index (χ2v) is 8.49. The van der Waals surface area contributed by atoms with E-state index < -0.39 is 27.8 Å². The molecule has 1 N–H and O–H groups in total. The number of anilines is 2. The third-order valence-electron chi connectivity index (χ3n) is 3.68. The molecule has 1 atom stereocenters. The molecule has 26 heavy (non-hydrogen) atoms. The summed E-state index contributed by atoms with van der Waals surface area (Å²) in [7, 11) is -3.78. The standard InChI is InChI=1S/C17H17Cl2FN2O3S/c1-10-4-5-12(18)8-16(10)22(26(3,24)25)11(2)17(23)21-13-6-7-15(20)14(19)9-13/h4-9,11H,1-3H3,(H,21,23)/t11-/m1/s1. The van der Waals surface area contributed by atoms with Gasteiger partial charge in [0.25, 0.3) is 0 Å². The number of halogens is 3. The number of hydrogen-bond acceptors (Lipinski definition) is 3. The maximum atomic E-state index is 13.2. The van der Waals surface area contributed by atoms with Crippen LogP contribution in [0.5, 0.6) is 0 Å². The zero-order valence-electron chi connectivity index (χ0n) is 14.3. The largest absolute Gasteiger partial charge is 0.324 e. The molecule has 0 aliphatic carbocycles. The van der Waals surface area contributed by atoms with Gasteiger partial charge in [0, 0.05) is 10.7 Å². The molecule has 0 saturated heterocycles. The highest BCUT2D eigenvalue weighted by Gasteiger charge is 2.30. The number of benzene rings is 2. The molecule has 0 saturated carbocycles. The number of nitrogens with one attached hydrogen (secondary N) is 1. The van der Waals surface area contributed by atoms with E-state index in [9.17, 15) is 17.6 Å². The molecule has 0 aromatic heterocycles. The first-order chi connectivity index (χ1) is 12.0. The second kappa shape index (κ2) is 7.82. The van der Waals surface area contributed by atoms with Crippen LogP contribution in [0.25, 0.3) is 0 Å². The van der Waals surface area contributed by atoms with Gasteiger partial charge in [-0.2, -0.15) is 0 Å². The predicted octanol–water partition coefficient (Wildman–Crippen LogP) is 4.23. The highest BCUT2D eigenvalue weighted by molar-refractivity contribution is 7.92. The molecule has 0 fully saturated rings. The fraction of sp³-hybridized carbons (Fsp3) is 0.235. The van der Waals surface area contributed by atoms with Crippen molar-refractivity contribution in [3.05, 3.63) is 57.8 Å². The van der Waals surface area contributed by atoms with Gasteiger partial charge in [0.2, 0.25) is 15.9 Å². The molecule has 0 radical (unpaired) electrons. The Morgan fingerprint density at radius 1 is 1.19 bits per heavy atom. The third kappa shape index (κ3) is 4.66. The molecule has 0 aliphatic rings. The minimum Gasteiger partial charge on any atom is -0.324 e. The number of rotatable bonds is 5. The maximum Gasteiger partial charge on any atom is 0.247 e. The van der Waals surface area contributed by atoms with Crippen LogP contribution in [0, 0.1) is 12.7 Å². The summed E-state index contributed by atoms with van der Waals surface area (Å²) in [6.07, 6.45) is 1.01. The summed E-state index contributed by atoms with van der Waals surface area (Å²) >= 11 is 11.7. The average molecular weight is 419 g/mol. The topological polar surface area (TPSA) is 66.5 Å². The van der Waals surface area contributed by atoms with Gasteiger partial charge in [0.1, 0.15) is 11.9 Å². The first kappa shape index (κ1) is 20.5. The Bertz CT molecular complexity index is 951. The Hall–Kier alpha value is -1.83. The normalized spacial score (nSPS) is 12.5. The Kier molecular flexibility index (Phi) is 6.16. The maximum absolute atomic E-state index is 13.2. The molecule has 0 aliphatic heterocycles. The van der Waals surface area contributed by atoms with E-state index in [1.54, 1.807) is 19.1 Å². The van der Waals surface area contributed by atoms with Crippen molar-refractivity contribution in [1.82, 2.24) is 0 Å². The minimum atomic E-state index is -3.78. The zero-order valence-corrected chi connectivity index (χ0v) is 16.6. The molecule has 2 rings (SSSR count). The SMILES string of the molecule is Cc1ccc(Cl)cc1N([C@H](C)C(=O)Nc1ccc(F)c(Cl)c1)S(C)(=O)=O. The summed E-state index contributed by atoms with van der Waals surface area (Å²) in [5, 5.41) is 2.73. The molecular weight excluding hydrogens is 402 g/mol. The van der Waals surface area contributed by atoms with E-state index in [1.807, 2.05) is 0 Å². The van der Waals surface area contributed by atoms with Crippen molar-refractivity contribution in [1.29, 1.82) is 0 Å². The molecule has 9 heteroatoms. The Morgan fingerprint density at radius 2 is 1.85 bits per heavy atom. The first-order valence-electron chi connectivity index (χ1n) is 7.52. The molecule has 140 valence electrons. The quantitative estimate of drug-likeness (QED) is 0.789. The zero-order chi connectivity index (χ0) is 19.6. The van der Waals surface area contributed by atoms with Gasteiger partial charge in [-0.1, -0.05) is 29.3 Å². The summed E-state index contributed by atoms with van der Waals surface area (Å²) in [4.78, 5) is 12.6. The molecule has 0 heterocycles. The average Bonchev–Trinajstić information content (AvgIpc) is 2.53. The van der Waals surface area contributed by atoms with Crippen LogP contribution < -0.4 is 9.62 Å².